The summed E-state index contributed by atoms with van der Waals surface area (Å²) in [5.41, 5.74) is 6.12. The summed E-state index contributed by atoms with van der Waals surface area (Å²) in [5.74, 6) is 2.69. The summed E-state index contributed by atoms with van der Waals surface area (Å²) in [6.45, 7) is 11.3. The molecule has 3 aromatic rings. The van der Waals surface area contributed by atoms with Gasteiger partial charge in [-0.25, -0.2) is 4.98 Å². The van der Waals surface area contributed by atoms with Crippen LogP contribution in [0.4, 0.5) is 17.2 Å². The van der Waals surface area contributed by atoms with Gasteiger partial charge in [0, 0.05) is 47.7 Å². The van der Waals surface area contributed by atoms with Crippen LogP contribution in [0.1, 0.15) is 75.2 Å². The zero-order valence-electron chi connectivity index (χ0n) is 19.3. The van der Waals surface area contributed by atoms with E-state index in [1.807, 2.05) is 6.20 Å². The van der Waals surface area contributed by atoms with Gasteiger partial charge >= 0.3 is 0 Å². The van der Waals surface area contributed by atoms with Gasteiger partial charge in [-0.1, -0.05) is 20.8 Å². The highest BCUT2D eigenvalue weighted by Crippen LogP contribution is 2.44. The van der Waals surface area contributed by atoms with Gasteiger partial charge in [0.1, 0.15) is 5.82 Å². The average Bonchev–Trinajstić information content (AvgIpc) is 3.58. The molecular formula is C27H34N4. The Labute approximate surface area is 186 Å². The molecule has 1 aromatic carbocycles. The molecule has 1 aliphatic heterocycles. The monoisotopic (exact) mass is 414 g/mol. The second kappa shape index (κ2) is 8.14. The van der Waals surface area contributed by atoms with Crippen molar-refractivity contribution in [3.8, 4) is 0 Å². The molecule has 0 radical (unpaired) electrons. The molecule has 1 unspecified atom stereocenters. The van der Waals surface area contributed by atoms with Crippen molar-refractivity contribution >= 4 is 28.0 Å². The van der Waals surface area contributed by atoms with E-state index in [1.54, 1.807) is 0 Å². The maximum atomic E-state index is 5.06. The van der Waals surface area contributed by atoms with E-state index in [1.165, 1.54) is 53.4 Å². The fourth-order valence-corrected chi connectivity index (χ4v) is 4.93. The van der Waals surface area contributed by atoms with Gasteiger partial charge in [-0.15, -0.1) is 0 Å². The molecule has 1 N–H and O–H groups in total. The van der Waals surface area contributed by atoms with Gasteiger partial charge < -0.3 is 10.2 Å². The van der Waals surface area contributed by atoms with E-state index < -0.39 is 0 Å². The molecule has 2 fully saturated rings. The third-order valence-corrected chi connectivity index (χ3v) is 6.81. The van der Waals surface area contributed by atoms with Gasteiger partial charge in [0.15, 0.2) is 0 Å². The van der Waals surface area contributed by atoms with E-state index in [-0.39, 0.29) is 0 Å². The van der Waals surface area contributed by atoms with E-state index >= 15 is 0 Å². The molecule has 1 aliphatic carbocycles. The highest BCUT2D eigenvalue weighted by Gasteiger charge is 2.28. The second-order valence-electron chi connectivity index (χ2n) is 9.94. The molecule has 5 rings (SSSR count). The molecule has 0 amide bonds. The Morgan fingerprint density at radius 1 is 1.10 bits per heavy atom. The summed E-state index contributed by atoms with van der Waals surface area (Å²) < 4.78 is 0. The third kappa shape index (κ3) is 4.13. The first-order valence-corrected chi connectivity index (χ1v) is 11.9. The van der Waals surface area contributed by atoms with Crippen molar-refractivity contribution < 1.29 is 0 Å². The molecule has 0 spiro atoms. The number of hydrogen-bond donors (Lipinski definition) is 1. The molecule has 1 saturated carbocycles. The number of pyridine rings is 2. The van der Waals surface area contributed by atoms with Crippen LogP contribution in [0.3, 0.4) is 0 Å². The van der Waals surface area contributed by atoms with Crippen LogP contribution in [0.25, 0.3) is 10.8 Å². The van der Waals surface area contributed by atoms with Crippen molar-refractivity contribution in [2.24, 2.45) is 5.92 Å². The minimum absolute atomic E-state index is 0.382. The van der Waals surface area contributed by atoms with Gasteiger partial charge in [0.25, 0.3) is 0 Å². The minimum Gasteiger partial charge on any atom is -0.371 e. The average molecular weight is 415 g/mol. The number of rotatable bonds is 5. The normalized spacial score (nSPS) is 19.3. The summed E-state index contributed by atoms with van der Waals surface area (Å²) in [5, 5.41) is 6.11. The van der Waals surface area contributed by atoms with Gasteiger partial charge in [-0.3, -0.25) is 4.98 Å². The lowest BCUT2D eigenvalue weighted by atomic mass is 9.99. The van der Waals surface area contributed by atoms with E-state index in [0.29, 0.717) is 11.8 Å². The SMILES string of the molecule is Cc1cc(Nc2nc(C(C)C)cc3ccnc(C4CC4)c23)ccc1N1CCCC(C)C1. The zero-order chi connectivity index (χ0) is 21.5. The van der Waals surface area contributed by atoms with Crippen LogP contribution in [0.2, 0.25) is 0 Å². The van der Waals surface area contributed by atoms with Crippen molar-refractivity contribution in [3.05, 3.63) is 53.5 Å². The molecule has 2 aliphatic rings. The number of hydrogen-bond acceptors (Lipinski definition) is 4. The largest absolute Gasteiger partial charge is 0.371 e. The first kappa shape index (κ1) is 20.3. The molecule has 3 heterocycles. The van der Waals surface area contributed by atoms with Crippen LogP contribution in [0, 0.1) is 12.8 Å². The van der Waals surface area contributed by atoms with Gasteiger partial charge in [-0.2, -0.15) is 0 Å². The third-order valence-electron chi connectivity index (χ3n) is 6.81. The molecule has 4 heteroatoms. The summed E-state index contributed by atoms with van der Waals surface area (Å²) in [6.07, 6.45) is 7.06. The van der Waals surface area contributed by atoms with Crippen molar-refractivity contribution in [2.75, 3.05) is 23.3 Å². The fourth-order valence-electron chi connectivity index (χ4n) is 4.93. The summed E-state index contributed by atoms with van der Waals surface area (Å²) in [4.78, 5) is 12.4. The maximum absolute atomic E-state index is 5.06. The van der Waals surface area contributed by atoms with Crippen molar-refractivity contribution in [1.82, 2.24) is 9.97 Å². The minimum atomic E-state index is 0.382. The maximum Gasteiger partial charge on any atom is 0.140 e. The number of nitrogens with one attached hydrogen (secondary N) is 1. The summed E-state index contributed by atoms with van der Waals surface area (Å²) in [6, 6.07) is 11.1. The fraction of sp³-hybridized carbons (Fsp3) is 0.481. The number of benzene rings is 1. The first-order chi connectivity index (χ1) is 15.0. The number of piperidine rings is 1. The molecular weight excluding hydrogens is 380 g/mol. The summed E-state index contributed by atoms with van der Waals surface area (Å²) >= 11 is 0. The molecule has 162 valence electrons. The highest BCUT2D eigenvalue weighted by molar-refractivity contribution is 5.96. The standard InChI is InChI=1S/C27H34N4/c1-17(2)23-15-21-11-12-28-26(20-7-8-20)25(21)27(30-23)29-22-9-10-24(19(4)14-22)31-13-5-6-18(3)16-31/h9-12,14-15,17-18,20H,5-8,13,16H2,1-4H3,(H,29,30). The molecule has 4 nitrogen and oxygen atoms in total. The zero-order valence-corrected chi connectivity index (χ0v) is 19.3. The molecule has 1 atom stereocenters. The van der Waals surface area contributed by atoms with Crippen LogP contribution in [-0.4, -0.2) is 23.1 Å². The Hall–Kier alpha value is -2.62. The Morgan fingerprint density at radius 3 is 2.65 bits per heavy atom. The predicted octanol–water partition coefficient (Wildman–Crippen LogP) is 6.92. The highest BCUT2D eigenvalue weighted by atomic mass is 15.1. The topological polar surface area (TPSA) is 41.1 Å². The van der Waals surface area contributed by atoms with Crippen LogP contribution in [-0.2, 0) is 0 Å². The van der Waals surface area contributed by atoms with Crippen LogP contribution >= 0.6 is 0 Å². The van der Waals surface area contributed by atoms with Crippen molar-refractivity contribution in [1.29, 1.82) is 0 Å². The van der Waals surface area contributed by atoms with Gasteiger partial charge in [0.2, 0.25) is 0 Å². The van der Waals surface area contributed by atoms with E-state index in [0.717, 1.165) is 36.2 Å². The number of anilines is 3. The lowest BCUT2D eigenvalue weighted by molar-refractivity contribution is 0.446. The van der Waals surface area contributed by atoms with Crippen LogP contribution < -0.4 is 10.2 Å². The Bertz CT molecular complexity index is 1100. The van der Waals surface area contributed by atoms with E-state index in [4.69, 9.17) is 9.97 Å². The van der Waals surface area contributed by atoms with E-state index in [9.17, 15) is 0 Å². The molecule has 0 bridgehead atoms. The predicted molar refractivity (Wildman–Crippen MR) is 131 cm³/mol. The Kier molecular flexibility index (Phi) is 5.33. The van der Waals surface area contributed by atoms with E-state index in [2.05, 4.69) is 68.2 Å². The van der Waals surface area contributed by atoms with Crippen LogP contribution in [0.5, 0.6) is 0 Å². The second-order valence-corrected chi connectivity index (χ2v) is 9.94. The number of aryl methyl sites for hydroxylation is 1. The lowest BCUT2D eigenvalue weighted by Crippen LogP contribution is -2.34. The van der Waals surface area contributed by atoms with Crippen LogP contribution in [0.15, 0.2) is 36.5 Å². The van der Waals surface area contributed by atoms with Crippen molar-refractivity contribution in [3.63, 3.8) is 0 Å². The first-order valence-electron chi connectivity index (χ1n) is 11.9. The Morgan fingerprint density at radius 2 is 1.94 bits per heavy atom. The van der Waals surface area contributed by atoms with Gasteiger partial charge in [-0.05, 0) is 85.7 Å². The lowest BCUT2D eigenvalue weighted by Gasteiger charge is -2.34. The number of fused-ring (bicyclic) bond motifs is 1. The quantitative estimate of drug-likeness (QED) is 0.492. The van der Waals surface area contributed by atoms with Gasteiger partial charge in [0.05, 0.1) is 5.69 Å². The molecule has 31 heavy (non-hydrogen) atoms. The summed E-state index contributed by atoms with van der Waals surface area (Å²) in [7, 11) is 0. The van der Waals surface area contributed by atoms with Crippen molar-refractivity contribution in [2.45, 2.75) is 65.2 Å². The smallest absolute Gasteiger partial charge is 0.140 e. The Balaban J connectivity index is 1.52. The molecule has 1 saturated heterocycles. The molecule has 2 aromatic heterocycles. The number of aromatic nitrogens is 2. The number of nitrogens with zero attached hydrogens (tertiary/aromatic N) is 3.